The van der Waals surface area contributed by atoms with Crippen LogP contribution in [0.15, 0.2) is 54.9 Å². The number of para-hydroxylation sites is 1. The fourth-order valence-electron chi connectivity index (χ4n) is 2.58. The number of rotatable bonds is 6. The average molecular weight is 338 g/mol. The summed E-state index contributed by atoms with van der Waals surface area (Å²) in [5.74, 6) is -0.637. The van der Waals surface area contributed by atoms with Crippen LogP contribution in [0.4, 0.5) is 4.39 Å². The highest BCUT2D eigenvalue weighted by molar-refractivity contribution is 5.92. The van der Waals surface area contributed by atoms with Crippen LogP contribution >= 0.6 is 0 Å². The number of aromatic nitrogens is 3. The Bertz CT molecular complexity index is 861. The largest absolute Gasteiger partial charge is 0.351 e. The zero-order chi connectivity index (χ0) is 17.6. The van der Waals surface area contributed by atoms with E-state index in [1.54, 1.807) is 37.4 Å². The molecule has 5 nitrogen and oxygen atoms in total. The highest BCUT2D eigenvalue weighted by Gasteiger charge is 2.14. The van der Waals surface area contributed by atoms with Crippen molar-refractivity contribution in [3.05, 3.63) is 77.6 Å². The number of halogens is 1. The summed E-state index contributed by atoms with van der Waals surface area (Å²) in [6, 6.07) is 11.9. The van der Waals surface area contributed by atoms with E-state index in [2.05, 4.69) is 15.4 Å². The predicted molar refractivity (Wildman–Crippen MR) is 93.2 cm³/mol. The number of aryl methyl sites for hydroxylation is 2. The molecule has 0 spiro atoms. The number of benzene rings is 1. The lowest BCUT2D eigenvalue weighted by molar-refractivity contribution is 0.0948. The molecule has 0 fully saturated rings. The Morgan fingerprint density at radius 2 is 2.08 bits per heavy atom. The number of pyridine rings is 1. The highest BCUT2D eigenvalue weighted by Crippen LogP contribution is 2.15. The maximum atomic E-state index is 13.9. The van der Waals surface area contributed by atoms with E-state index in [-0.39, 0.29) is 17.4 Å². The summed E-state index contributed by atoms with van der Waals surface area (Å²) < 4.78 is 15.4. The molecule has 128 valence electrons. The summed E-state index contributed by atoms with van der Waals surface area (Å²) in [5.41, 5.74) is 2.44. The number of carbonyl (C=O) groups is 1. The molecule has 0 saturated heterocycles. The van der Waals surface area contributed by atoms with Crippen LogP contribution in [0.2, 0.25) is 0 Å². The van der Waals surface area contributed by atoms with Crippen LogP contribution in [0, 0.1) is 12.7 Å². The molecule has 0 bridgehead atoms. The Morgan fingerprint density at radius 1 is 1.24 bits per heavy atom. The number of amides is 1. The Kier molecular flexibility index (Phi) is 5.18. The van der Waals surface area contributed by atoms with Gasteiger partial charge in [-0.3, -0.25) is 9.78 Å². The SMILES string of the molecule is Cc1cc(C(=O)NCCCc2cccnc2)nn1-c1ccccc1F. The van der Waals surface area contributed by atoms with Gasteiger partial charge in [0.15, 0.2) is 5.69 Å². The summed E-state index contributed by atoms with van der Waals surface area (Å²) in [7, 11) is 0. The van der Waals surface area contributed by atoms with Crippen LogP contribution in [-0.2, 0) is 6.42 Å². The summed E-state index contributed by atoms with van der Waals surface area (Å²) >= 11 is 0. The standard InChI is InChI=1S/C19H19FN4O/c1-14-12-17(23-24(14)18-9-3-2-8-16(18)20)19(25)22-11-5-7-15-6-4-10-21-13-15/h2-4,6,8-10,12-13H,5,7,11H2,1H3,(H,22,25). The van der Waals surface area contributed by atoms with E-state index in [0.717, 1.165) is 18.4 Å². The van der Waals surface area contributed by atoms with Crippen LogP contribution in [0.5, 0.6) is 0 Å². The number of nitrogens with one attached hydrogen (secondary N) is 1. The van der Waals surface area contributed by atoms with Gasteiger partial charge in [0.1, 0.15) is 11.5 Å². The first-order valence-electron chi connectivity index (χ1n) is 8.14. The van der Waals surface area contributed by atoms with Crippen molar-refractivity contribution in [2.24, 2.45) is 0 Å². The molecule has 2 aromatic heterocycles. The van der Waals surface area contributed by atoms with Gasteiger partial charge in [-0.2, -0.15) is 5.10 Å². The number of hydrogen-bond donors (Lipinski definition) is 1. The second-order valence-electron chi connectivity index (χ2n) is 5.75. The highest BCUT2D eigenvalue weighted by atomic mass is 19.1. The van der Waals surface area contributed by atoms with Crippen molar-refractivity contribution < 1.29 is 9.18 Å². The average Bonchev–Trinajstić information content (AvgIpc) is 3.01. The van der Waals surface area contributed by atoms with Crippen molar-refractivity contribution in [2.45, 2.75) is 19.8 Å². The molecule has 0 unspecified atom stereocenters. The van der Waals surface area contributed by atoms with Gasteiger partial charge in [-0.1, -0.05) is 18.2 Å². The molecule has 0 saturated carbocycles. The first kappa shape index (κ1) is 16.8. The maximum absolute atomic E-state index is 13.9. The van der Waals surface area contributed by atoms with E-state index in [1.165, 1.54) is 10.7 Å². The minimum Gasteiger partial charge on any atom is -0.351 e. The number of nitrogens with zero attached hydrogens (tertiary/aromatic N) is 3. The molecule has 1 N–H and O–H groups in total. The van der Waals surface area contributed by atoms with Crippen LogP contribution in [0.1, 0.15) is 28.2 Å². The predicted octanol–water partition coefficient (Wildman–Crippen LogP) is 3.08. The third kappa shape index (κ3) is 4.09. The van der Waals surface area contributed by atoms with Crippen molar-refractivity contribution in [1.82, 2.24) is 20.1 Å². The number of carbonyl (C=O) groups excluding carboxylic acids is 1. The van der Waals surface area contributed by atoms with Crippen molar-refractivity contribution in [3.8, 4) is 5.69 Å². The van der Waals surface area contributed by atoms with Crippen LogP contribution in [-0.4, -0.2) is 27.2 Å². The van der Waals surface area contributed by atoms with Gasteiger partial charge < -0.3 is 5.32 Å². The lowest BCUT2D eigenvalue weighted by atomic mass is 10.1. The van der Waals surface area contributed by atoms with Crippen molar-refractivity contribution in [1.29, 1.82) is 0 Å². The molecule has 6 heteroatoms. The van der Waals surface area contributed by atoms with E-state index in [0.29, 0.717) is 17.9 Å². The first-order chi connectivity index (χ1) is 12.1. The van der Waals surface area contributed by atoms with Gasteiger partial charge in [0, 0.05) is 24.6 Å². The van der Waals surface area contributed by atoms with Crippen LogP contribution in [0.3, 0.4) is 0 Å². The molecule has 0 aliphatic carbocycles. The van der Waals surface area contributed by atoms with Crippen molar-refractivity contribution in [3.63, 3.8) is 0 Å². The molecular weight excluding hydrogens is 319 g/mol. The lowest BCUT2D eigenvalue weighted by Crippen LogP contribution is -2.25. The van der Waals surface area contributed by atoms with E-state index in [1.807, 2.05) is 18.3 Å². The molecular formula is C19H19FN4O. The quantitative estimate of drug-likeness (QED) is 0.703. The topological polar surface area (TPSA) is 59.8 Å². The van der Waals surface area contributed by atoms with Gasteiger partial charge in [0.25, 0.3) is 5.91 Å². The second kappa shape index (κ2) is 7.70. The maximum Gasteiger partial charge on any atom is 0.271 e. The molecule has 0 atom stereocenters. The van der Waals surface area contributed by atoms with Gasteiger partial charge in [-0.25, -0.2) is 9.07 Å². The third-order valence-electron chi connectivity index (χ3n) is 3.85. The molecule has 0 aliphatic rings. The Morgan fingerprint density at radius 3 is 2.84 bits per heavy atom. The van der Waals surface area contributed by atoms with Gasteiger partial charge in [0.2, 0.25) is 0 Å². The summed E-state index contributed by atoms with van der Waals surface area (Å²) in [6.45, 7) is 2.33. The second-order valence-corrected chi connectivity index (χ2v) is 5.75. The van der Waals surface area contributed by atoms with Crippen LogP contribution in [0.25, 0.3) is 5.69 Å². The Labute approximate surface area is 145 Å². The summed E-state index contributed by atoms with van der Waals surface area (Å²) in [4.78, 5) is 16.3. The Hall–Kier alpha value is -3.02. The fourth-order valence-corrected chi connectivity index (χ4v) is 2.58. The Balaban J connectivity index is 1.60. The molecule has 0 radical (unpaired) electrons. The normalized spacial score (nSPS) is 10.6. The first-order valence-corrected chi connectivity index (χ1v) is 8.14. The molecule has 25 heavy (non-hydrogen) atoms. The molecule has 1 amide bonds. The summed E-state index contributed by atoms with van der Waals surface area (Å²) in [6.07, 6.45) is 5.21. The monoisotopic (exact) mass is 338 g/mol. The zero-order valence-electron chi connectivity index (χ0n) is 13.9. The molecule has 3 aromatic rings. The lowest BCUT2D eigenvalue weighted by Gasteiger charge is -2.05. The van der Waals surface area contributed by atoms with Gasteiger partial charge >= 0.3 is 0 Å². The van der Waals surface area contributed by atoms with Crippen molar-refractivity contribution in [2.75, 3.05) is 6.54 Å². The van der Waals surface area contributed by atoms with E-state index in [9.17, 15) is 9.18 Å². The zero-order valence-corrected chi connectivity index (χ0v) is 13.9. The molecule has 3 rings (SSSR count). The molecule has 0 aliphatic heterocycles. The van der Waals surface area contributed by atoms with Crippen LogP contribution < -0.4 is 5.32 Å². The minimum atomic E-state index is -0.378. The minimum absolute atomic E-state index is 0.260. The fraction of sp³-hybridized carbons (Fsp3) is 0.211. The number of hydrogen-bond acceptors (Lipinski definition) is 3. The summed E-state index contributed by atoms with van der Waals surface area (Å²) in [5, 5.41) is 7.08. The van der Waals surface area contributed by atoms with E-state index in [4.69, 9.17) is 0 Å². The van der Waals surface area contributed by atoms with Crippen molar-refractivity contribution >= 4 is 5.91 Å². The van der Waals surface area contributed by atoms with Gasteiger partial charge in [0.05, 0.1) is 0 Å². The van der Waals surface area contributed by atoms with E-state index < -0.39 is 0 Å². The van der Waals surface area contributed by atoms with Gasteiger partial charge in [-0.05, 0) is 49.6 Å². The smallest absolute Gasteiger partial charge is 0.271 e. The molecule has 2 heterocycles. The third-order valence-corrected chi connectivity index (χ3v) is 3.85. The van der Waals surface area contributed by atoms with Gasteiger partial charge in [-0.15, -0.1) is 0 Å². The van der Waals surface area contributed by atoms with E-state index >= 15 is 0 Å². The molecule has 1 aromatic carbocycles.